The van der Waals surface area contributed by atoms with Crippen molar-refractivity contribution in [1.29, 1.82) is 0 Å². The Bertz CT molecular complexity index is 986. The molecule has 8 heteroatoms. The zero-order valence-electron chi connectivity index (χ0n) is 19.3. The lowest BCUT2D eigenvalue weighted by molar-refractivity contribution is 0.0654. The Kier molecular flexibility index (Phi) is 7.84. The number of hydrogen-bond donors (Lipinski definition) is 3. The molecule has 0 atom stereocenters. The average Bonchev–Trinajstić information content (AvgIpc) is 3.14. The summed E-state index contributed by atoms with van der Waals surface area (Å²) in [4.78, 5) is 8.88. The number of rotatable bonds is 11. The third kappa shape index (κ3) is 5.83. The molecule has 2 aromatic heterocycles. The van der Waals surface area contributed by atoms with Crippen LogP contribution in [0.4, 0.5) is 0 Å². The molecule has 0 radical (unpaired) electrons. The van der Waals surface area contributed by atoms with Gasteiger partial charge in [-0.25, -0.2) is 4.98 Å². The zero-order chi connectivity index (χ0) is 23.2. The van der Waals surface area contributed by atoms with Crippen LogP contribution in [0.5, 0.6) is 5.88 Å². The van der Waals surface area contributed by atoms with Gasteiger partial charge in [0.25, 0.3) is 0 Å². The number of nitrogens with zero attached hydrogens (tertiary/aromatic N) is 3. The molecule has 0 spiro atoms. The minimum absolute atomic E-state index is 0.161. The number of fused-ring (bicyclic) bond motifs is 1. The van der Waals surface area contributed by atoms with Crippen LogP contribution in [0.2, 0.25) is 0 Å². The number of nitrogens with one attached hydrogen (secondary N) is 1. The predicted octanol–water partition coefficient (Wildman–Crippen LogP) is 3.01. The number of benzene rings is 1. The van der Waals surface area contributed by atoms with E-state index in [2.05, 4.69) is 15.3 Å². The summed E-state index contributed by atoms with van der Waals surface area (Å²) < 4.78 is 14.0. The Balaban J connectivity index is 1.91. The summed E-state index contributed by atoms with van der Waals surface area (Å²) in [5.41, 5.74) is 2.32. The first kappa shape index (κ1) is 24.1. The summed E-state index contributed by atoms with van der Waals surface area (Å²) in [6.07, 6.45) is 4.04. The quantitative estimate of drug-likeness (QED) is 0.420. The van der Waals surface area contributed by atoms with E-state index in [4.69, 9.17) is 9.47 Å². The van der Waals surface area contributed by atoms with Gasteiger partial charge in [-0.15, -0.1) is 0 Å². The summed E-state index contributed by atoms with van der Waals surface area (Å²) >= 11 is 0. The second kappa shape index (κ2) is 10.4. The molecule has 0 aliphatic heterocycles. The minimum Gasteiger partial charge on any atom is -0.470 e. The van der Waals surface area contributed by atoms with Crippen LogP contribution in [-0.4, -0.2) is 49.1 Å². The fourth-order valence-electron chi connectivity index (χ4n) is 3.40. The maximum Gasteiger partial charge on any atom is 0.242 e. The van der Waals surface area contributed by atoms with E-state index in [1.54, 1.807) is 0 Å². The van der Waals surface area contributed by atoms with Crippen LogP contribution < -0.4 is 10.1 Å². The van der Waals surface area contributed by atoms with Gasteiger partial charge in [0.2, 0.25) is 5.88 Å². The van der Waals surface area contributed by atoms with E-state index in [1.165, 1.54) is 6.33 Å². The van der Waals surface area contributed by atoms with Crippen LogP contribution in [0.3, 0.4) is 0 Å². The third-order valence-corrected chi connectivity index (χ3v) is 5.37. The van der Waals surface area contributed by atoms with E-state index in [0.717, 1.165) is 22.2 Å². The summed E-state index contributed by atoms with van der Waals surface area (Å²) in [6.45, 7) is 8.73. The van der Waals surface area contributed by atoms with E-state index < -0.39 is 11.1 Å². The fourth-order valence-corrected chi connectivity index (χ4v) is 3.40. The van der Waals surface area contributed by atoms with Crippen molar-refractivity contribution < 1.29 is 19.7 Å². The third-order valence-electron chi connectivity index (χ3n) is 5.37. The highest BCUT2D eigenvalue weighted by Crippen LogP contribution is 2.29. The SMILES string of the molecule is CCC(CO)(CO)NCc1cn(COCc2ccccc2)c2c(OC(C)(C)C)ncnc12. The first-order valence-corrected chi connectivity index (χ1v) is 10.9. The standard InChI is InChI=1S/C24H34N4O4/c1-5-24(14-29,15-30)27-11-19-12-28(17-31-13-18-9-7-6-8-10-18)21-20(19)25-16-26-22(21)32-23(2,3)4/h6-10,12,16,27,29-30H,5,11,13-15,17H2,1-4H3. The van der Waals surface area contributed by atoms with E-state index in [1.807, 2.05) is 68.8 Å². The highest BCUT2D eigenvalue weighted by molar-refractivity contribution is 5.84. The zero-order valence-corrected chi connectivity index (χ0v) is 19.3. The molecule has 0 unspecified atom stereocenters. The molecule has 0 aliphatic rings. The maximum atomic E-state index is 9.78. The van der Waals surface area contributed by atoms with Crippen molar-refractivity contribution in [1.82, 2.24) is 19.9 Å². The van der Waals surface area contributed by atoms with Gasteiger partial charge in [0, 0.05) is 18.3 Å². The van der Waals surface area contributed by atoms with Crippen molar-refractivity contribution >= 4 is 11.0 Å². The molecule has 0 fully saturated rings. The van der Waals surface area contributed by atoms with Crippen LogP contribution in [-0.2, 0) is 24.6 Å². The van der Waals surface area contributed by atoms with Gasteiger partial charge in [0.05, 0.1) is 25.4 Å². The van der Waals surface area contributed by atoms with E-state index in [0.29, 0.717) is 32.2 Å². The normalized spacial score (nSPS) is 12.4. The lowest BCUT2D eigenvalue weighted by atomic mass is 9.98. The second-order valence-electron chi connectivity index (χ2n) is 8.98. The van der Waals surface area contributed by atoms with Gasteiger partial charge in [-0.3, -0.25) is 0 Å². The molecule has 0 saturated heterocycles. The average molecular weight is 443 g/mol. The Labute approximate surface area is 189 Å². The molecule has 3 N–H and O–H groups in total. The van der Waals surface area contributed by atoms with Gasteiger partial charge >= 0.3 is 0 Å². The Morgan fingerprint density at radius 1 is 1.06 bits per heavy atom. The van der Waals surface area contributed by atoms with Crippen LogP contribution >= 0.6 is 0 Å². The van der Waals surface area contributed by atoms with Crippen molar-refractivity contribution in [3.63, 3.8) is 0 Å². The minimum atomic E-state index is -0.754. The maximum absolute atomic E-state index is 9.78. The molecule has 0 saturated carbocycles. The molecule has 2 heterocycles. The molecule has 0 aliphatic carbocycles. The highest BCUT2D eigenvalue weighted by Gasteiger charge is 2.27. The summed E-state index contributed by atoms with van der Waals surface area (Å²) in [5.74, 6) is 0.489. The van der Waals surface area contributed by atoms with Crippen molar-refractivity contribution in [3.8, 4) is 5.88 Å². The molecule has 0 bridgehead atoms. The summed E-state index contributed by atoms with van der Waals surface area (Å²) in [5, 5.41) is 22.8. The Morgan fingerprint density at radius 2 is 1.78 bits per heavy atom. The van der Waals surface area contributed by atoms with Crippen molar-refractivity contribution in [3.05, 3.63) is 54.0 Å². The Morgan fingerprint density at radius 3 is 2.41 bits per heavy atom. The first-order valence-electron chi connectivity index (χ1n) is 10.9. The molecule has 174 valence electrons. The second-order valence-corrected chi connectivity index (χ2v) is 8.98. The van der Waals surface area contributed by atoms with Gasteiger partial charge in [-0.1, -0.05) is 37.3 Å². The van der Waals surface area contributed by atoms with E-state index >= 15 is 0 Å². The molecular weight excluding hydrogens is 408 g/mol. The van der Waals surface area contributed by atoms with Crippen molar-refractivity contribution in [2.45, 2.75) is 65.1 Å². The van der Waals surface area contributed by atoms with Crippen LogP contribution in [0.15, 0.2) is 42.9 Å². The molecule has 8 nitrogen and oxygen atoms in total. The number of aromatic nitrogens is 3. The summed E-state index contributed by atoms with van der Waals surface area (Å²) in [7, 11) is 0. The molecule has 3 aromatic rings. The molecule has 1 aromatic carbocycles. The van der Waals surface area contributed by atoms with Gasteiger partial charge in [-0.2, -0.15) is 4.98 Å². The van der Waals surface area contributed by atoms with Crippen LogP contribution in [0.1, 0.15) is 45.2 Å². The fraction of sp³-hybridized carbons (Fsp3) is 0.500. The lowest BCUT2D eigenvalue weighted by Gasteiger charge is -2.29. The van der Waals surface area contributed by atoms with E-state index in [-0.39, 0.29) is 13.2 Å². The molecule has 0 amide bonds. The van der Waals surface area contributed by atoms with E-state index in [9.17, 15) is 10.2 Å². The van der Waals surface area contributed by atoms with Gasteiger partial charge < -0.3 is 29.6 Å². The molecular formula is C24H34N4O4. The van der Waals surface area contributed by atoms with Crippen molar-refractivity contribution in [2.75, 3.05) is 13.2 Å². The molecule has 3 rings (SSSR count). The largest absolute Gasteiger partial charge is 0.470 e. The topological polar surface area (TPSA) is 102 Å². The van der Waals surface area contributed by atoms with Crippen molar-refractivity contribution in [2.24, 2.45) is 0 Å². The monoisotopic (exact) mass is 442 g/mol. The number of ether oxygens (including phenoxy) is 2. The summed E-state index contributed by atoms with van der Waals surface area (Å²) in [6, 6.07) is 9.99. The van der Waals surface area contributed by atoms with Crippen LogP contribution in [0.25, 0.3) is 11.0 Å². The number of hydrogen-bond acceptors (Lipinski definition) is 7. The first-order chi connectivity index (χ1) is 15.3. The Hall–Kier alpha value is -2.52. The van der Waals surface area contributed by atoms with Crippen LogP contribution in [0, 0.1) is 0 Å². The molecule has 32 heavy (non-hydrogen) atoms. The lowest BCUT2D eigenvalue weighted by Crippen LogP contribution is -2.50. The smallest absolute Gasteiger partial charge is 0.242 e. The highest BCUT2D eigenvalue weighted by atomic mass is 16.5. The van der Waals surface area contributed by atoms with Gasteiger partial charge in [0.1, 0.15) is 29.7 Å². The van der Waals surface area contributed by atoms with Gasteiger partial charge in [0.15, 0.2) is 0 Å². The predicted molar refractivity (Wildman–Crippen MR) is 123 cm³/mol. The number of aliphatic hydroxyl groups excluding tert-OH is 2. The number of aliphatic hydroxyl groups is 2. The van der Waals surface area contributed by atoms with Gasteiger partial charge in [-0.05, 0) is 32.8 Å².